The van der Waals surface area contributed by atoms with Crippen LogP contribution in [0.1, 0.15) is 51.7 Å². The number of benzene rings is 2. The van der Waals surface area contributed by atoms with Crippen molar-refractivity contribution in [1.29, 1.82) is 5.26 Å². The quantitative estimate of drug-likeness (QED) is 0.466. The van der Waals surface area contributed by atoms with E-state index < -0.39 is 5.97 Å². The molecule has 1 aliphatic rings. The lowest BCUT2D eigenvalue weighted by atomic mass is 9.97. The molecule has 0 radical (unpaired) electrons. The van der Waals surface area contributed by atoms with E-state index >= 15 is 0 Å². The van der Waals surface area contributed by atoms with Gasteiger partial charge in [0.05, 0.1) is 23.7 Å². The maximum Gasteiger partial charge on any atom is 0.335 e. The lowest BCUT2D eigenvalue weighted by molar-refractivity contribution is 0.0696. The van der Waals surface area contributed by atoms with Crippen molar-refractivity contribution >= 4 is 17.7 Å². The Morgan fingerprint density at radius 1 is 1.11 bits per heavy atom. The number of amides is 1. The van der Waals surface area contributed by atoms with Gasteiger partial charge in [0.15, 0.2) is 5.82 Å². The predicted molar refractivity (Wildman–Crippen MR) is 128 cm³/mol. The molecule has 0 saturated carbocycles. The molecule has 35 heavy (non-hydrogen) atoms. The van der Waals surface area contributed by atoms with Crippen LogP contribution in [0.3, 0.4) is 0 Å². The van der Waals surface area contributed by atoms with Gasteiger partial charge in [0.2, 0.25) is 0 Å². The van der Waals surface area contributed by atoms with Crippen LogP contribution in [0.25, 0.3) is 22.6 Å². The zero-order chi connectivity index (χ0) is 24.7. The van der Waals surface area contributed by atoms with Gasteiger partial charge >= 0.3 is 5.97 Å². The third-order valence-corrected chi connectivity index (χ3v) is 5.93. The average molecular weight is 464 g/mol. The summed E-state index contributed by atoms with van der Waals surface area (Å²) < 4.78 is 1.92. The number of pyridine rings is 1. The fraction of sp³-hybridized carbons (Fsp3) is 0.154. The molecule has 172 valence electrons. The van der Waals surface area contributed by atoms with Crippen molar-refractivity contribution in [2.75, 3.05) is 4.90 Å². The highest BCUT2D eigenvalue weighted by Gasteiger charge is 2.30. The van der Waals surface area contributed by atoms with Gasteiger partial charge < -0.3 is 9.67 Å². The molecule has 0 saturated heterocycles. The van der Waals surface area contributed by atoms with Crippen molar-refractivity contribution in [3.63, 3.8) is 0 Å². The highest BCUT2D eigenvalue weighted by molar-refractivity contribution is 6.10. The smallest absolute Gasteiger partial charge is 0.335 e. The van der Waals surface area contributed by atoms with E-state index in [2.05, 4.69) is 15.2 Å². The summed E-state index contributed by atoms with van der Waals surface area (Å²) in [6.07, 6.45) is 1.66. The van der Waals surface area contributed by atoms with Gasteiger partial charge in [0.1, 0.15) is 17.8 Å². The van der Waals surface area contributed by atoms with E-state index in [0.717, 1.165) is 5.56 Å². The fourth-order valence-electron chi connectivity index (χ4n) is 4.15. The van der Waals surface area contributed by atoms with Gasteiger partial charge in [-0.2, -0.15) is 5.26 Å². The van der Waals surface area contributed by atoms with E-state index in [9.17, 15) is 20.0 Å². The van der Waals surface area contributed by atoms with Crippen LogP contribution < -0.4 is 4.90 Å². The number of carboxylic acid groups (broad SMARTS) is 1. The SMILES string of the molecule is CC(C)n1cnnc1-c1cccc(N2Cc3ccc(-c4cc(C#N)cc(C(=O)O)c4)cc3C2=O)n1. The van der Waals surface area contributed by atoms with Crippen LogP contribution in [-0.2, 0) is 6.54 Å². The molecule has 0 unspecified atom stereocenters. The molecule has 1 amide bonds. The number of carbonyl (C=O) groups is 2. The molecule has 0 fully saturated rings. The van der Waals surface area contributed by atoms with E-state index in [-0.39, 0.29) is 23.1 Å². The Morgan fingerprint density at radius 2 is 1.94 bits per heavy atom. The fourth-order valence-corrected chi connectivity index (χ4v) is 4.15. The average Bonchev–Trinajstić information content (AvgIpc) is 3.49. The lowest BCUT2D eigenvalue weighted by Crippen LogP contribution is -2.24. The van der Waals surface area contributed by atoms with Crippen LogP contribution in [0.15, 0.2) is 60.9 Å². The van der Waals surface area contributed by atoms with Crippen molar-refractivity contribution in [2.45, 2.75) is 26.4 Å². The Bertz CT molecular complexity index is 1530. The maximum absolute atomic E-state index is 13.4. The second-order valence-corrected chi connectivity index (χ2v) is 8.52. The Balaban J connectivity index is 1.49. The third-order valence-electron chi connectivity index (χ3n) is 5.93. The zero-order valence-electron chi connectivity index (χ0n) is 19.0. The molecule has 0 aliphatic carbocycles. The molecule has 5 rings (SSSR count). The summed E-state index contributed by atoms with van der Waals surface area (Å²) in [7, 11) is 0. The van der Waals surface area contributed by atoms with Crippen LogP contribution in [0, 0.1) is 11.3 Å². The van der Waals surface area contributed by atoms with E-state index in [1.54, 1.807) is 29.4 Å². The summed E-state index contributed by atoms with van der Waals surface area (Å²) in [6, 6.07) is 17.4. The van der Waals surface area contributed by atoms with Crippen LogP contribution in [-0.4, -0.2) is 36.7 Å². The minimum atomic E-state index is -1.12. The first-order chi connectivity index (χ1) is 16.9. The topological polar surface area (TPSA) is 125 Å². The van der Waals surface area contributed by atoms with E-state index in [4.69, 9.17) is 0 Å². The minimum Gasteiger partial charge on any atom is -0.478 e. The molecule has 2 aromatic carbocycles. The van der Waals surface area contributed by atoms with E-state index in [1.807, 2.05) is 48.7 Å². The molecule has 0 atom stereocenters. The van der Waals surface area contributed by atoms with Crippen LogP contribution in [0.4, 0.5) is 5.82 Å². The molecule has 0 bridgehead atoms. The van der Waals surface area contributed by atoms with Gasteiger partial charge in [-0.1, -0.05) is 18.2 Å². The molecule has 9 nitrogen and oxygen atoms in total. The number of fused-ring (bicyclic) bond motifs is 1. The number of aromatic carboxylic acids is 1. The van der Waals surface area contributed by atoms with Gasteiger partial charge in [-0.15, -0.1) is 10.2 Å². The largest absolute Gasteiger partial charge is 0.478 e. The number of hydrogen-bond donors (Lipinski definition) is 1. The minimum absolute atomic E-state index is 0.0164. The van der Waals surface area contributed by atoms with E-state index in [0.29, 0.717) is 40.6 Å². The number of rotatable bonds is 5. The van der Waals surface area contributed by atoms with Gasteiger partial charge in [-0.25, -0.2) is 9.78 Å². The number of nitrogens with zero attached hydrogens (tertiary/aromatic N) is 6. The standard InChI is InChI=1S/C26H20N6O3/c1-15(2)32-14-28-30-24(32)22-4-3-5-23(29-22)31-13-18-7-6-17(11-21(18)25(31)33)19-8-16(12-27)9-20(10-19)26(34)35/h3-11,14-15H,13H2,1-2H3,(H,34,35). The Kier molecular flexibility index (Phi) is 5.34. The zero-order valence-corrected chi connectivity index (χ0v) is 19.0. The first-order valence-electron chi connectivity index (χ1n) is 11.0. The number of anilines is 1. The first kappa shape index (κ1) is 22.0. The second-order valence-electron chi connectivity index (χ2n) is 8.52. The Hall–Kier alpha value is -4.84. The lowest BCUT2D eigenvalue weighted by Gasteiger charge is -2.16. The highest BCUT2D eigenvalue weighted by atomic mass is 16.4. The van der Waals surface area contributed by atoms with Gasteiger partial charge in [-0.05, 0) is 66.9 Å². The van der Waals surface area contributed by atoms with Gasteiger partial charge in [0.25, 0.3) is 5.91 Å². The molecule has 4 aromatic rings. The normalized spacial score (nSPS) is 12.6. The van der Waals surface area contributed by atoms with Crippen molar-refractivity contribution < 1.29 is 14.7 Å². The molecule has 1 N–H and O–H groups in total. The van der Waals surface area contributed by atoms with Crippen LogP contribution in [0.5, 0.6) is 0 Å². The van der Waals surface area contributed by atoms with Crippen molar-refractivity contribution in [2.24, 2.45) is 0 Å². The maximum atomic E-state index is 13.4. The van der Waals surface area contributed by atoms with Gasteiger partial charge in [0, 0.05) is 11.6 Å². The summed E-state index contributed by atoms with van der Waals surface area (Å²) in [5.74, 6) is -0.194. The number of nitriles is 1. The van der Waals surface area contributed by atoms with Crippen LogP contribution in [0.2, 0.25) is 0 Å². The van der Waals surface area contributed by atoms with Crippen molar-refractivity contribution in [3.05, 3.63) is 83.2 Å². The first-order valence-corrected chi connectivity index (χ1v) is 11.0. The highest BCUT2D eigenvalue weighted by Crippen LogP contribution is 2.32. The second kappa shape index (κ2) is 8.50. The molecule has 3 heterocycles. The summed E-state index contributed by atoms with van der Waals surface area (Å²) in [5.41, 5.74) is 3.44. The molecule has 1 aliphatic heterocycles. The summed E-state index contributed by atoms with van der Waals surface area (Å²) in [6.45, 7) is 4.42. The summed E-state index contributed by atoms with van der Waals surface area (Å²) in [4.78, 5) is 31.1. The molecule has 0 spiro atoms. The van der Waals surface area contributed by atoms with Crippen LogP contribution >= 0.6 is 0 Å². The third kappa shape index (κ3) is 3.91. The molecule has 2 aromatic heterocycles. The number of aromatic nitrogens is 4. The monoisotopic (exact) mass is 464 g/mol. The molecular formula is C26H20N6O3. The number of carbonyl (C=O) groups excluding carboxylic acids is 1. The summed E-state index contributed by atoms with van der Waals surface area (Å²) in [5, 5.41) is 26.9. The van der Waals surface area contributed by atoms with Gasteiger partial charge in [-0.3, -0.25) is 9.69 Å². The Labute approximate surface area is 200 Å². The number of hydrogen-bond acceptors (Lipinski definition) is 6. The Morgan fingerprint density at radius 3 is 2.69 bits per heavy atom. The predicted octanol–water partition coefficient (Wildman–Crippen LogP) is 4.32. The van der Waals surface area contributed by atoms with Crippen molar-refractivity contribution in [1.82, 2.24) is 19.7 Å². The number of carboxylic acids is 1. The summed E-state index contributed by atoms with van der Waals surface area (Å²) >= 11 is 0. The van der Waals surface area contributed by atoms with E-state index in [1.165, 1.54) is 12.1 Å². The molecule has 9 heteroatoms. The van der Waals surface area contributed by atoms with Crippen molar-refractivity contribution in [3.8, 4) is 28.7 Å². The molecular weight excluding hydrogens is 444 g/mol.